The first-order valence-electron chi connectivity index (χ1n) is 4.75. The van der Waals surface area contributed by atoms with Gasteiger partial charge in [-0.3, -0.25) is 4.79 Å². The topological polar surface area (TPSA) is 46.6 Å². The van der Waals surface area contributed by atoms with Gasteiger partial charge in [0, 0.05) is 4.47 Å². The first-order valence-corrected chi connectivity index (χ1v) is 5.55. The monoisotopic (exact) mass is 283 g/mol. The molecule has 0 radical (unpaired) electrons. The first-order chi connectivity index (χ1) is 7.43. The van der Waals surface area contributed by atoms with Crippen molar-refractivity contribution >= 4 is 33.6 Å². The zero-order chi connectivity index (χ0) is 11.9. The van der Waals surface area contributed by atoms with Gasteiger partial charge >= 0.3 is 6.09 Å². The fourth-order valence-electron chi connectivity index (χ4n) is 1.50. The Morgan fingerprint density at radius 3 is 2.38 bits per heavy atom. The van der Waals surface area contributed by atoms with Crippen molar-refractivity contribution in [2.45, 2.75) is 19.4 Å². The van der Waals surface area contributed by atoms with Crippen molar-refractivity contribution in [3.63, 3.8) is 0 Å². The van der Waals surface area contributed by atoms with E-state index in [2.05, 4.69) is 15.9 Å². The molecule has 84 valence electrons. The van der Waals surface area contributed by atoms with Crippen molar-refractivity contribution in [2.75, 3.05) is 4.90 Å². The van der Waals surface area contributed by atoms with Gasteiger partial charge in [0.05, 0.1) is 5.69 Å². The maximum Gasteiger partial charge on any atom is 0.422 e. The first kappa shape index (κ1) is 11.1. The summed E-state index contributed by atoms with van der Waals surface area (Å²) in [7, 11) is 0. The molecule has 0 N–H and O–H groups in total. The van der Waals surface area contributed by atoms with E-state index >= 15 is 0 Å². The van der Waals surface area contributed by atoms with Gasteiger partial charge in [0.2, 0.25) is 0 Å². The molecule has 4 nitrogen and oxygen atoms in total. The number of imide groups is 1. The second-order valence-electron chi connectivity index (χ2n) is 3.97. The molecule has 0 aliphatic carbocycles. The van der Waals surface area contributed by atoms with Crippen LogP contribution in [-0.4, -0.2) is 17.6 Å². The Morgan fingerprint density at radius 1 is 1.25 bits per heavy atom. The number of hydrogen-bond donors (Lipinski definition) is 0. The highest BCUT2D eigenvalue weighted by Gasteiger charge is 2.48. The van der Waals surface area contributed by atoms with Crippen LogP contribution in [0, 0.1) is 0 Å². The van der Waals surface area contributed by atoms with Crippen molar-refractivity contribution in [1.29, 1.82) is 0 Å². The van der Waals surface area contributed by atoms with E-state index in [1.165, 1.54) is 0 Å². The fraction of sp³-hybridized carbons (Fsp3) is 0.273. The number of cyclic esters (lactones) is 1. The Morgan fingerprint density at radius 2 is 1.88 bits per heavy atom. The second kappa shape index (κ2) is 3.59. The van der Waals surface area contributed by atoms with Crippen LogP contribution in [0.3, 0.4) is 0 Å². The summed E-state index contributed by atoms with van der Waals surface area (Å²) in [6.07, 6.45) is -0.637. The number of benzene rings is 1. The summed E-state index contributed by atoms with van der Waals surface area (Å²) >= 11 is 3.30. The van der Waals surface area contributed by atoms with E-state index in [0.717, 1.165) is 4.90 Å². The third-order valence-electron chi connectivity index (χ3n) is 2.34. The Kier molecular flexibility index (Phi) is 2.50. The molecule has 0 aromatic heterocycles. The number of para-hydroxylation sites is 1. The Balaban J connectivity index is 2.47. The number of hydrogen-bond acceptors (Lipinski definition) is 3. The molecule has 1 saturated heterocycles. The number of carbonyl (C=O) groups is 2. The van der Waals surface area contributed by atoms with Crippen LogP contribution >= 0.6 is 15.9 Å². The van der Waals surface area contributed by atoms with Crippen molar-refractivity contribution in [3.05, 3.63) is 28.7 Å². The Labute approximate surface area is 101 Å². The third kappa shape index (κ3) is 1.61. The van der Waals surface area contributed by atoms with E-state index in [0.29, 0.717) is 10.2 Å². The van der Waals surface area contributed by atoms with Crippen molar-refractivity contribution in [3.8, 4) is 0 Å². The molecule has 0 unspecified atom stereocenters. The molecule has 16 heavy (non-hydrogen) atoms. The predicted molar refractivity (Wildman–Crippen MR) is 62.2 cm³/mol. The predicted octanol–water partition coefficient (Wildman–Crippen LogP) is 2.71. The number of halogens is 1. The molecule has 5 heteroatoms. The maximum atomic E-state index is 11.9. The van der Waals surface area contributed by atoms with Crippen LogP contribution in [0.5, 0.6) is 0 Å². The van der Waals surface area contributed by atoms with E-state index in [9.17, 15) is 9.59 Å². The van der Waals surface area contributed by atoms with Crippen molar-refractivity contribution in [1.82, 2.24) is 0 Å². The van der Waals surface area contributed by atoms with E-state index in [-0.39, 0.29) is 5.91 Å². The van der Waals surface area contributed by atoms with Gasteiger partial charge in [-0.2, -0.15) is 0 Å². The minimum Gasteiger partial charge on any atom is -0.433 e. The lowest BCUT2D eigenvalue weighted by Crippen LogP contribution is -2.36. The Hall–Kier alpha value is -1.36. The van der Waals surface area contributed by atoms with Gasteiger partial charge in [-0.25, -0.2) is 9.69 Å². The van der Waals surface area contributed by atoms with Crippen molar-refractivity contribution < 1.29 is 14.3 Å². The maximum absolute atomic E-state index is 11.9. The highest BCUT2D eigenvalue weighted by atomic mass is 79.9. The van der Waals surface area contributed by atoms with E-state index < -0.39 is 11.7 Å². The summed E-state index contributed by atoms with van der Waals surface area (Å²) in [5.41, 5.74) is -0.588. The standard InChI is InChI=1S/C11H10BrNO3/c1-11(2)9(14)13(10(15)16-11)8-6-4-3-5-7(8)12/h3-6H,1-2H3. The highest BCUT2D eigenvalue weighted by molar-refractivity contribution is 9.10. The molecule has 0 bridgehead atoms. The number of ether oxygens (including phenoxy) is 1. The van der Waals surface area contributed by atoms with Gasteiger partial charge in [-0.1, -0.05) is 12.1 Å². The average molecular weight is 284 g/mol. The number of rotatable bonds is 1. The summed E-state index contributed by atoms with van der Waals surface area (Å²) in [6.45, 7) is 3.15. The molecule has 2 amide bonds. The quantitative estimate of drug-likeness (QED) is 0.796. The zero-order valence-corrected chi connectivity index (χ0v) is 10.4. The molecule has 1 aromatic rings. The van der Waals surface area contributed by atoms with Crippen molar-refractivity contribution in [2.24, 2.45) is 0 Å². The lowest BCUT2D eigenvalue weighted by Gasteiger charge is -2.14. The van der Waals surface area contributed by atoms with Crippen LogP contribution in [0.15, 0.2) is 28.7 Å². The second-order valence-corrected chi connectivity index (χ2v) is 4.82. The van der Waals surface area contributed by atoms with Crippen LogP contribution in [0.2, 0.25) is 0 Å². The molecule has 1 aliphatic heterocycles. The smallest absolute Gasteiger partial charge is 0.422 e. The molecule has 0 saturated carbocycles. The van der Waals surface area contributed by atoms with Gasteiger partial charge in [-0.15, -0.1) is 0 Å². The minimum absolute atomic E-state index is 0.357. The summed E-state index contributed by atoms with van der Waals surface area (Å²) in [5, 5.41) is 0. The van der Waals surface area contributed by atoms with Gasteiger partial charge < -0.3 is 4.74 Å². The molecule has 1 heterocycles. The Bertz CT molecular complexity index is 470. The lowest BCUT2D eigenvalue weighted by molar-refractivity contribution is -0.127. The summed E-state index contributed by atoms with van der Waals surface area (Å²) < 4.78 is 5.68. The van der Waals surface area contributed by atoms with Crippen LogP contribution in [-0.2, 0) is 9.53 Å². The number of carbonyl (C=O) groups excluding carboxylic acids is 2. The minimum atomic E-state index is -1.09. The molecular weight excluding hydrogens is 274 g/mol. The summed E-state index contributed by atoms with van der Waals surface area (Å²) in [6, 6.07) is 7.02. The largest absolute Gasteiger partial charge is 0.433 e. The molecular formula is C11H10BrNO3. The van der Waals surface area contributed by atoms with E-state index in [1.54, 1.807) is 32.0 Å². The number of amides is 2. The molecule has 1 aliphatic rings. The van der Waals surface area contributed by atoms with Crippen LogP contribution in [0.1, 0.15) is 13.8 Å². The highest BCUT2D eigenvalue weighted by Crippen LogP contribution is 2.33. The van der Waals surface area contributed by atoms with Crippen LogP contribution in [0.4, 0.5) is 10.5 Å². The third-order valence-corrected chi connectivity index (χ3v) is 3.01. The van der Waals surface area contributed by atoms with E-state index in [1.807, 2.05) is 6.07 Å². The van der Waals surface area contributed by atoms with Crippen LogP contribution < -0.4 is 4.90 Å². The molecule has 1 fully saturated rings. The summed E-state index contributed by atoms with van der Waals surface area (Å²) in [4.78, 5) is 24.6. The fourth-order valence-corrected chi connectivity index (χ4v) is 1.96. The average Bonchev–Trinajstić information content (AvgIpc) is 2.39. The normalized spacial score (nSPS) is 18.8. The number of nitrogens with zero attached hydrogens (tertiary/aromatic N) is 1. The van der Waals surface area contributed by atoms with Gasteiger partial charge in [-0.05, 0) is 41.9 Å². The summed E-state index contributed by atoms with van der Waals surface area (Å²) in [5.74, 6) is -0.357. The van der Waals surface area contributed by atoms with Crippen LogP contribution in [0.25, 0.3) is 0 Å². The SMILES string of the molecule is CC1(C)OC(=O)N(c2ccccc2Br)C1=O. The molecule has 1 aromatic carbocycles. The molecule has 0 spiro atoms. The van der Waals surface area contributed by atoms with Gasteiger partial charge in [0.25, 0.3) is 5.91 Å². The zero-order valence-electron chi connectivity index (χ0n) is 8.86. The van der Waals surface area contributed by atoms with E-state index in [4.69, 9.17) is 4.74 Å². The molecule has 0 atom stereocenters. The number of anilines is 1. The molecule has 2 rings (SSSR count). The van der Waals surface area contributed by atoms with Gasteiger partial charge in [0.1, 0.15) is 0 Å². The van der Waals surface area contributed by atoms with Gasteiger partial charge in [0.15, 0.2) is 5.60 Å². The lowest BCUT2D eigenvalue weighted by atomic mass is 10.1.